The third-order valence-corrected chi connectivity index (χ3v) is 0. The van der Waals surface area contributed by atoms with Gasteiger partial charge in [0, 0.05) is 7.11 Å². The molecule has 0 aromatic rings. The van der Waals surface area contributed by atoms with E-state index in [1.807, 2.05) is 0 Å². The zero-order valence-electron chi connectivity index (χ0n) is 5.37. The van der Waals surface area contributed by atoms with Gasteiger partial charge in [0.15, 0.2) is 0 Å². The van der Waals surface area contributed by atoms with Gasteiger partial charge in [-0.25, -0.2) is 0 Å². The van der Waals surface area contributed by atoms with Crippen LogP contribution in [0.5, 0.6) is 0 Å². The van der Waals surface area contributed by atoms with E-state index in [4.69, 9.17) is 20.2 Å². The van der Waals surface area contributed by atoms with Crippen LogP contribution in [0, 0.1) is 0 Å². The van der Waals surface area contributed by atoms with Crippen LogP contribution in [0.2, 0.25) is 0 Å². The first-order valence-electron chi connectivity index (χ1n) is 1.22. The Morgan fingerprint density at radius 1 is 1.14 bits per heavy atom. The number of hydrogen-bond donors (Lipinski definition) is 4. The molecular formula is CH8BNaO4. The maximum atomic E-state index is 7.17. The molecule has 0 heterocycles. The standard InChI is InChI=1S/CH4O.BH3O3.Na.H/c1-2;2-1(3)4;;/h2H,1H3;2-4H;;/q;;+1;-1. The first kappa shape index (κ1) is 15.7. The van der Waals surface area contributed by atoms with Gasteiger partial charge in [0.05, 0.1) is 0 Å². The van der Waals surface area contributed by atoms with E-state index in [2.05, 4.69) is 0 Å². The van der Waals surface area contributed by atoms with Crippen molar-refractivity contribution in [1.82, 2.24) is 0 Å². The summed E-state index contributed by atoms with van der Waals surface area (Å²) in [5.41, 5.74) is 0. The van der Waals surface area contributed by atoms with Crippen LogP contribution in [0.1, 0.15) is 1.43 Å². The van der Waals surface area contributed by atoms with Gasteiger partial charge in [-0.1, -0.05) is 0 Å². The number of rotatable bonds is 0. The van der Waals surface area contributed by atoms with Crippen LogP contribution in [-0.4, -0.2) is 34.6 Å². The molecule has 0 aliphatic carbocycles. The van der Waals surface area contributed by atoms with E-state index in [1.54, 1.807) is 0 Å². The molecule has 0 saturated carbocycles. The first-order chi connectivity index (χ1) is 2.73. The molecule has 0 bridgehead atoms. The van der Waals surface area contributed by atoms with Gasteiger partial charge < -0.3 is 21.6 Å². The third kappa shape index (κ3) is 203. The topological polar surface area (TPSA) is 80.9 Å². The molecule has 40 valence electrons. The maximum Gasteiger partial charge on any atom is 1.00 e. The number of hydrogen-bond acceptors (Lipinski definition) is 4. The van der Waals surface area contributed by atoms with Gasteiger partial charge in [-0.15, -0.1) is 0 Å². The molecule has 0 unspecified atom stereocenters. The van der Waals surface area contributed by atoms with Crippen molar-refractivity contribution in [2.24, 2.45) is 0 Å². The minimum absolute atomic E-state index is 0. The van der Waals surface area contributed by atoms with E-state index >= 15 is 0 Å². The Bertz CT molecular complexity index is 20.8. The monoisotopic (exact) mass is 118 g/mol. The summed E-state index contributed by atoms with van der Waals surface area (Å²) in [6, 6.07) is 0. The fraction of sp³-hybridized carbons (Fsp3) is 1.00. The summed E-state index contributed by atoms with van der Waals surface area (Å²) < 4.78 is 0. The molecule has 0 aromatic carbocycles. The zero-order valence-corrected chi connectivity index (χ0v) is 6.37. The molecule has 7 heavy (non-hydrogen) atoms. The van der Waals surface area contributed by atoms with Crippen molar-refractivity contribution in [2.75, 3.05) is 7.11 Å². The van der Waals surface area contributed by atoms with Gasteiger partial charge in [-0.05, 0) is 0 Å². The van der Waals surface area contributed by atoms with E-state index in [9.17, 15) is 0 Å². The summed E-state index contributed by atoms with van der Waals surface area (Å²) in [5.74, 6) is 0. The van der Waals surface area contributed by atoms with Crippen molar-refractivity contribution in [3.63, 3.8) is 0 Å². The fourth-order valence-electron chi connectivity index (χ4n) is 0. The minimum Gasteiger partial charge on any atom is -1.00 e. The summed E-state index contributed by atoms with van der Waals surface area (Å²) in [6.07, 6.45) is 0. The van der Waals surface area contributed by atoms with Crippen LogP contribution in [0.3, 0.4) is 0 Å². The van der Waals surface area contributed by atoms with Crippen molar-refractivity contribution >= 4 is 7.32 Å². The Morgan fingerprint density at radius 3 is 1.14 bits per heavy atom. The Labute approximate surface area is 65.7 Å². The average Bonchev–Trinajstić information content (AvgIpc) is 1.41. The molecule has 0 aromatic heterocycles. The molecular weight excluding hydrogens is 110 g/mol. The molecule has 0 saturated heterocycles. The minimum atomic E-state index is -2.17. The van der Waals surface area contributed by atoms with E-state index in [0.29, 0.717) is 0 Å². The second-order valence-electron chi connectivity index (χ2n) is 0.346. The van der Waals surface area contributed by atoms with Gasteiger partial charge in [0.25, 0.3) is 0 Å². The van der Waals surface area contributed by atoms with Crippen LogP contribution >= 0.6 is 0 Å². The molecule has 0 spiro atoms. The Hall–Kier alpha value is 0.905. The van der Waals surface area contributed by atoms with Gasteiger partial charge in [0.1, 0.15) is 0 Å². The van der Waals surface area contributed by atoms with Crippen molar-refractivity contribution in [2.45, 2.75) is 0 Å². The smallest absolute Gasteiger partial charge is 1.00 e. The molecule has 0 aliphatic heterocycles. The van der Waals surface area contributed by atoms with Crippen LogP contribution in [-0.2, 0) is 0 Å². The zero-order chi connectivity index (χ0) is 5.58. The summed E-state index contributed by atoms with van der Waals surface area (Å²) in [6.45, 7) is 0. The molecule has 4 N–H and O–H groups in total. The summed E-state index contributed by atoms with van der Waals surface area (Å²) in [5, 5.41) is 28.5. The van der Waals surface area contributed by atoms with E-state index in [-0.39, 0.29) is 31.0 Å². The molecule has 6 heteroatoms. The molecule has 4 nitrogen and oxygen atoms in total. The molecule has 0 rings (SSSR count). The van der Waals surface area contributed by atoms with Crippen molar-refractivity contribution in [3.8, 4) is 0 Å². The second kappa shape index (κ2) is 15.8. The summed E-state index contributed by atoms with van der Waals surface area (Å²) >= 11 is 0. The van der Waals surface area contributed by atoms with Crippen molar-refractivity contribution < 1.29 is 51.2 Å². The molecule has 0 atom stereocenters. The molecule has 0 aliphatic rings. The van der Waals surface area contributed by atoms with Gasteiger partial charge >= 0.3 is 36.9 Å². The molecule has 0 amide bonds. The van der Waals surface area contributed by atoms with Gasteiger partial charge in [0.2, 0.25) is 0 Å². The third-order valence-electron chi connectivity index (χ3n) is 0. The average molecular weight is 118 g/mol. The largest absolute Gasteiger partial charge is 1.00 e. The Morgan fingerprint density at radius 2 is 1.14 bits per heavy atom. The quantitative estimate of drug-likeness (QED) is 0.239. The predicted octanol–water partition coefficient (Wildman–Crippen LogP) is -5.33. The van der Waals surface area contributed by atoms with Gasteiger partial charge in [-0.3, -0.25) is 0 Å². The van der Waals surface area contributed by atoms with Crippen LogP contribution in [0.4, 0.5) is 0 Å². The molecule has 0 fully saturated rings. The number of aliphatic hydroxyl groups is 1. The van der Waals surface area contributed by atoms with Crippen molar-refractivity contribution in [3.05, 3.63) is 0 Å². The first-order valence-corrected chi connectivity index (χ1v) is 1.22. The van der Waals surface area contributed by atoms with E-state index in [0.717, 1.165) is 7.11 Å². The SMILES string of the molecule is CO.OB(O)O.[H-].[Na+]. The normalized spacial score (nSPS) is 4.71. The molecule has 0 radical (unpaired) electrons. The second-order valence-corrected chi connectivity index (χ2v) is 0.346. The van der Waals surface area contributed by atoms with E-state index < -0.39 is 7.32 Å². The van der Waals surface area contributed by atoms with Crippen LogP contribution < -0.4 is 29.6 Å². The van der Waals surface area contributed by atoms with Crippen LogP contribution in [0.25, 0.3) is 0 Å². The van der Waals surface area contributed by atoms with Crippen LogP contribution in [0.15, 0.2) is 0 Å². The Balaban J connectivity index is -0.0000000183. The summed E-state index contributed by atoms with van der Waals surface area (Å²) in [7, 11) is -1.17. The van der Waals surface area contributed by atoms with Gasteiger partial charge in [-0.2, -0.15) is 0 Å². The summed E-state index contributed by atoms with van der Waals surface area (Å²) in [4.78, 5) is 0. The van der Waals surface area contributed by atoms with Crippen molar-refractivity contribution in [1.29, 1.82) is 0 Å². The number of aliphatic hydroxyl groups excluding tert-OH is 1. The fourth-order valence-corrected chi connectivity index (χ4v) is 0. The Kier molecular flexibility index (Phi) is 35.3. The maximum absolute atomic E-state index is 7.17. The van der Waals surface area contributed by atoms with E-state index in [1.165, 1.54) is 0 Å². The predicted molar refractivity (Wildman–Crippen MR) is 21.7 cm³/mol.